The predicted octanol–water partition coefficient (Wildman–Crippen LogP) is 3.67. The van der Waals surface area contributed by atoms with Crippen LogP contribution in [-0.2, 0) is 24.4 Å². The van der Waals surface area contributed by atoms with Crippen molar-refractivity contribution in [3.63, 3.8) is 0 Å². The Bertz CT molecular complexity index is 673. The molecule has 0 aliphatic heterocycles. The molecule has 2 aromatic carbocycles. The summed E-state index contributed by atoms with van der Waals surface area (Å²) in [7, 11) is -3.04. The van der Waals surface area contributed by atoms with Crippen LogP contribution in [-0.4, -0.2) is 10.9 Å². The topological polar surface area (TPSA) is 72.8 Å². The van der Waals surface area contributed by atoms with Crippen molar-refractivity contribution in [2.75, 3.05) is 0 Å². The molecule has 118 valence electrons. The van der Waals surface area contributed by atoms with E-state index in [1.54, 1.807) is 60.7 Å². The number of esters is 1. The quantitative estimate of drug-likeness (QED) is 0.378. The molecule has 2 aromatic rings. The average molecular weight is 331 g/mol. The first-order valence-electron chi connectivity index (χ1n) is 6.81. The summed E-state index contributed by atoms with van der Waals surface area (Å²) in [6.07, 6.45) is 0. The van der Waals surface area contributed by atoms with E-state index < -0.39 is 20.0 Å². The van der Waals surface area contributed by atoms with Crippen molar-refractivity contribution in [1.29, 1.82) is 0 Å². The zero-order valence-corrected chi connectivity index (χ0v) is 13.4. The fourth-order valence-corrected chi connectivity index (χ4v) is 2.52. The highest BCUT2D eigenvalue weighted by Gasteiger charge is 2.48. The summed E-state index contributed by atoms with van der Waals surface area (Å²) in [5, 5.41) is 0. The van der Waals surface area contributed by atoms with Crippen LogP contribution in [0, 0.1) is 0 Å². The lowest BCUT2D eigenvalue weighted by atomic mass is 9.97. The Morgan fingerprint density at radius 2 is 1.48 bits per heavy atom. The Kier molecular flexibility index (Phi) is 5.40. The van der Waals surface area contributed by atoms with E-state index in [9.17, 15) is 14.3 Å². The number of ether oxygens (including phenoxy) is 1. The fourth-order valence-electron chi connectivity index (χ4n) is 2.05. The molecule has 23 heavy (non-hydrogen) atoms. The number of benzene rings is 2. The lowest BCUT2D eigenvalue weighted by Gasteiger charge is -2.28. The minimum Gasteiger partial charge on any atom is -0.416 e. The van der Waals surface area contributed by atoms with Crippen LogP contribution in [0.2, 0.25) is 0 Å². The van der Waals surface area contributed by atoms with Crippen LogP contribution < -0.4 is 0 Å². The highest BCUT2D eigenvalue weighted by Crippen LogP contribution is 2.42. The van der Waals surface area contributed by atoms with Gasteiger partial charge in [0.05, 0.1) is 0 Å². The van der Waals surface area contributed by atoms with Gasteiger partial charge in [0.2, 0.25) is 0 Å². The minimum atomic E-state index is -3.04. The summed E-state index contributed by atoms with van der Waals surface area (Å²) in [6.45, 7) is 5.03. The molecule has 0 radical (unpaired) electrons. The zero-order chi connectivity index (χ0) is 16.9. The molecule has 0 saturated carbocycles. The predicted molar refractivity (Wildman–Crippen MR) is 85.5 cm³/mol. The Balaban J connectivity index is 2.65. The van der Waals surface area contributed by atoms with E-state index in [-0.39, 0.29) is 5.57 Å². The van der Waals surface area contributed by atoms with E-state index >= 15 is 0 Å². The Labute approximate surface area is 135 Å². The van der Waals surface area contributed by atoms with E-state index in [0.29, 0.717) is 11.1 Å². The van der Waals surface area contributed by atoms with Crippen LogP contribution in [0.5, 0.6) is 0 Å². The van der Waals surface area contributed by atoms with Crippen molar-refractivity contribution in [1.82, 2.24) is 0 Å². The van der Waals surface area contributed by atoms with E-state index in [4.69, 9.17) is 9.26 Å². The van der Waals surface area contributed by atoms with E-state index in [0.717, 1.165) is 0 Å². The standard InChI is InChI=1S/C17H15O5P/c1-13(2)16(18)21-17(22-23(19)20,14-9-5-3-6-10-14)15-11-7-4-8-12-15/h3-12H,1H2,2H3/p+1. The largest absolute Gasteiger partial charge is 0.699 e. The van der Waals surface area contributed by atoms with Gasteiger partial charge in [-0.1, -0.05) is 71.8 Å². The Morgan fingerprint density at radius 1 is 1.04 bits per heavy atom. The maximum atomic E-state index is 12.1. The lowest BCUT2D eigenvalue weighted by Crippen LogP contribution is -2.35. The van der Waals surface area contributed by atoms with Crippen molar-refractivity contribution in [2.24, 2.45) is 0 Å². The molecule has 6 heteroatoms. The second-order valence-corrected chi connectivity index (χ2v) is 5.51. The van der Waals surface area contributed by atoms with Crippen molar-refractivity contribution < 1.29 is 23.5 Å². The van der Waals surface area contributed by atoms with Gasteiger partial charge >= 0.3 is 20.0 Å². The maximum absolute atomic E-state index is 12.1. The van der Waals surface area contributed by atoms with Crippen LogP contribution in [0.15, 0.2) is 72.8 Å². The molecule has 0 aliphatic carbocycles. The molecule has 0 aromatic heterocycles. The van der Waals surface area contributed by atoms with Crippen LogP contribution in [0.3, 0.4) is 0 Å². The second kappa shape index (κ2) is 7.29. The highest BCUT2D eigenvalue weighted by molar-refractivity contribution is 7.32. The number of carbonyl (C=O) groups is 1. The van der Waals surface area contributed by atoms with Crippen molar-refractivity contribution >= 4 is 14.2 Å². The van der Waals surface area contributed by atoms with Gasteiger partial charge in [0, 0.05) is 21.3 Å². The highest BCUT2D eigenvalue weighted by atomic mass is 31.1. The first kappa shape index (κ1) is 17.0. The van der Waals surface area contributed by atoms with Gasteiger partial charge in [0.1, 0.15) is 0 Å². The normalized spacial score (nSPS) is 11.7. The van der Waals surface area contributed by atoms with Crippen LogP contribution in [0.4, 0.5) is 0 Å². The van der Waals surface area contributed by atoms with Crippen LogP contribution in [0.25, 0.3) is 0 Å². The molecule has 1 atom stereocenters. The lowest BCUT2D eigenvalue weighted by molar-refractivity contribution is -0.183. The zero-order valence-electron chi connectivity index (χ0n) is 12.5. The molecule has 0 bridgehead atoms. The molecule has 0 saturated heterocycles. The van der Waals surface area contributed by atoms with Crippen molar-refractivity contribution in [3.05, 3.63) is 83.9 Å². The Hall–Kier alpha value is -2.33. The molecule has 0 spiro atoms. The molecule has 1 N–H and O–H groups in total. The van der Waals surface area contributed by atoms with Gasteiger partial charge in [-0.25, -0.2) is 4.79 Å². The second-order valence-electron chi connectivity index (χ2n) is 4.85. The van der Waals surface area contributed by atoms with Gasteiger partial charge in [-0.05, 0) is 6.92 Å². The third kappa shape index (κ3) is 3.90. The molecular weight excluding hydrogens is 315 g/mol. The first-order valence-corrected chi connectivity index (χ1v) is 7.94. The molecular formula is C17H16O5P+. The average Bonchev–Trinajstić information content (AvgIpc) is 2.55. The molecule has 1 unspecified atom stereocenters. The van der Waals surface area contributed by atoms with Gasteiger partial charge in [-0.3, -0.25) is 0 Å². The summed E-state index contributed by atoms with van der Waals surface area (Å²) in [6, 6.07) is 17.0. The van der Waals surface area contributed by atoms with Gasteiger partial charge in [-0.2, -0.15) is 0 Å². The SMILES string of the molecule is C=C(C)C(=O)OC(O[P+](=O)O)(c1ccccc1)c1ccccc1. The third-order valence-electron chi connectivity index (χ3n) is 3.10. The molecule has 0 aliphatic rings. The van der Waals surface area contributed by atoms with Crippen molar-refractivity contribution in [2.45, 2.75) is 12.7 Å². The summed E-state index contributed by atoms with van der Waals surface area (Å²) in [5.74, 6) is -2.56. The maximum Gasteiger partial charge on any atom is 0.699 e. The van der Waals surface area contributed by atoms with Gasteiger partial charge in [0.25, 0.3) is 0 Å². The number of rotatable bonds is 6. The summed E-state index contributed by atoms with van der Waals surface area (Å²) >= 11 is 0. The van der Waals surface area contributed by atoms with E-state index in [2.05, 4.69) is 6.58 Å². The number of carbonyl (C=O) groups excluding carboxylic acids is 1. The van der Waals surface area contributed by atoms with Gasteiger partial charge < -0.3 is 4.74 Å². The minimum absolute atomic E-state index is 0.151. The number of hydrogen-bond donors (Lipinski definition) is 1. The van der Waals surface area contributed by atoms with Crippen LogP contribution in [0.1, 0.15) is 18.1 Å². The Morgan fingerprint density at radius 3 is 1.83 bits per heavy atom. The number of hydrogen-bond acceptors (Lipinski definition) is 4. The summed E-state index contributed by atoms with van der Waals surface area (Å²) < 4.78 is 22.1. The molecule has 0 heterocycles. The van der Waals surface area contributed by atoms with Gasteiger partial charge in [-0.15, -0.1) is 4.89 Å². The molecule has 0 amide bonds. The molecule has 5 nitrogen and oxygen atoms in total. The van der Waals surface area contributed by atoms with Crippen molar-refractivity contribution in [3.8, 4) is 0 Å². The summed E-state index contributed by atoms with van der Waals surface area (Å²) in [4.78, 5) is 21.4. The third-order valence-corrected chi connectivity index (χ3v) is 3.51. The van der Waals surface area contributed by atoms with Gasteiger partial charge in [0.15, 0.2) is 0 Å². The van der Waals surface area contributed by atoms with E-state index in [1.165, 1.54) is 6.92 Å². The van der Waals surface area contributed by atoms with E-state index in [1.807, 2.05) is 0 Å². The van der Waals surface area contributed by atoms with Crippen LogP contribution >= 0.6 is 8.25 Å². The fraction of sp³-hybridized carbons (Fsp3) is 0.118. The first-order chi connectivity index (χ1) is 11.0. The monoisotopic (exact) mass is 331 g/mol. The smallest absolute Gasteiger partial charge is 0.416 e. The summed E-state index contributed by atoms with van der Waals surface area (Å²) in [5.41, 5.74) is 0.981. The molecule has 2 rings (SSSR count). The molecule has 0 fully saturated rings.